The molecule has 2 aliphatic rings. The van der Waals surface area contributed by atoms with Gasteiger partial charge in [0.1, 0.15) is 6.10 Å². The minimum Gasteiger partial charge on any atom is -0.369 e. The zero-order valence-electron chi connectivity index (χ0n) is 16.1. The lowest BCUT2D eigenvalue weighted by molar-refractivity contribution is -0.138. The minimum absolute atomic E-state index is 0.0259. The molecule has 0 aliphatic carbocycles. The molecule has 0 bridgehead atoms. The van der Waals surface area contributed by atoms with E-state index in [1.54, 1.807) is 0 Å². The van der Waals surface area contributed by atoms with Crippen molar-refractivity contribution in [1.82, 2.24) is 15.1 Å². The van der Waals surface area contributed by atoms with E-state index < -0.39 is 0 Å². The Bertz CT molecular complexity index is 560. The second-order valence-electron chi connectivity index (χ2n) is 7.21. The summed E-state index contributed by atoms with van der Waals surface area (Å²) in [4.78, 5) is 19.5. The van der Waals surface area contributed by atoms with Gasteiger partial charge in [0.15, 0.2) is 0 Å². The summed E-state index contributed by atoms with van der Waals surface area (Å²) >= 11 is 0. The highest BCUT2D eigenvalue weighted by Crippen LogP contribution is 2.16. The van der Waals surface area contributed by atoms with Crippen LogP contribution in [0.25, 0.3) is 0 Å². The Morgan fingerprint density at radius 2 is 1.92 bits per heavy atom. The van der Waals surface area contributed by atoms with Crippen molar-refractivity contribution in [3.05, 3.63) is 30.3 Å². The Labute approximate surface area is 157 Å². The molecule has 1 aromatic carbocycles. The average Bonchev–Trinajstić information content (AvgIpc) is 2.72. The number of carbonyl (C=O) groups excluding carboxylic acids is 1. The highest BCUT2D eigenvalue weighted by atomic mass is 16.5. The van der Waals surface area contributed by atoms with Gasteiger partial charge in [0, 0.05) is 57.5 Å². The van der Waals surface area contributed by atoms with Crippen molar-refractivity contribution >= 4 is 11.6 Å². The molecule has 2 saturated heterocycles. The van der Waals surface area contributed by atoms with Crippen LogP contribution in [0.5, 0.6) is 0 Å². The molecule has 0 saturated carbocycles. The molecule has 0 radical (unpaired) electrons. The third kappa shape index (κ3) is 4.96. The van der Waals surface area contributed by atoms with E-state index in [-0.39, 0.29) is 12.0 Å². The van der Waals surface area contributed by atoms with Gasteiger partial charge >= 0.3 is 0 Å². The second kappa shape index (κ2) is 9.35. The van der Waals surface area contributed by atoms with E-state index >= 15 is 0 Å². The summed E-state index contributed by atoms with van der Waals surface area (Å²) in [5.41, 5.74) is 1.29. The normalized spacial score (nSPS) is 23.6. The predicted octanol–water partition coefficient (Wildman–Crippen LogP) is 1.03. The molecule has 26 heavy (non-hydrogen) atoms. The molecular weight excluding hydrogens is 328 g/mol. The SMILES string of the molecule is CCN1CCO[C@@H](C(=O)NC[C@@H](C)N2CCN(c3ccccc3)CC2)C1. The van der Waals surface area contributed by atoms with Gasteiger partial charge in [-0.05, 0) is 25.6 Å². The largest absolute Gasteiger partial charge is 0.369 e. The van der Waals surface area contributed by atoms with E-state index in [2.05, 4.69) is 64.2 Å². The van der Waals surface area contributed by atoms with Crippen LogP contribution in [0.3, 0.4) is 0 Å². The highest BCUT2D eigenvalue weighted by molar-refractivity contribution is 5.81. The molecule has 6 nitrogen and oxygen atoms in total. The van der Waals surface area contributed by atoms with Gasteiger partial charge < -0.3 is 15.0 Å². The van der Waals surface area contributed by atoms with Gasteiger partial charge in [0.05, 0.1) is 6.61 Å². The number of likely N-dealkylation sites (N-methyl/N-ethyl adjacent to an activating group) is 1. The van der Waals surface area contributed by atoms with Crippen molar-refractivity contribution < 1.29 is 9.53 Å². The number of rotatable bonds is 6. The van der Waals surface area contributed by atoms with E-state index in [0.29, 0.717) is 25.7 Å². The summed E-state index contributed by atoms with van der Waals surface area (Å²) in [6, 6.07) is 10.9. The topological polar surface area (TPSA) is 48.1 Å². The Balaban J connectivity index is 1.40. The van der Waals surface area contributed by atoms with Gasteiger partial charge in [-0.1, -0.05) is 25.1 Å². The van der Waals surface area contributed by atoms with Crippen LogP contribution in [0.4, 0.5) is 5.69 Å². The van der Waals surface area contributed by atoms with Crippen LogP contribution in [0.15, 0.2) is 30.3 Å². The van der Waals surface area contributed by atoms with Crippen LogP contribution in [-0.2, 0) is 9.53 Å². The average molecular weight is 361 g/mol. The number of nitrogens with zero attached hydrogens (tertiary/aromatic N) is 3. The number of hydrogen-bond donors (Lipinski definition) is 1. The molecule has 6 heteroatoms. The summed E-state index contributed by atoms with van der Waals surface area (Å²) in [6.07, 6.45) is -0.328. The molecular formula is C20H32N4O2. The van der Waals surface area contributed by atoms with Crippen molar-refractivity contribution in [3.63, 3.8) is 0 Å². The van der Waals surface area contributed by atoms with Gasteiger partial charge in [0.25, 0.3) is 5.91 Å². The number of amides is 1. The first-order valence-corrected chi connectivity index (χ1v) is 9.83. The summed E-state index contributed by atoms with van der Waals surface area (Å²) in [5, 5.41) is 3.09. The lowest BCUT2D eigenvalue weighted by Gasteiger charge is -2.39. The summed E-state index contributed by atoms with van der Waals surface area (Å²) in [6.45, 7) is 12.3. The second-order valence-corrected chi connectivity index (χ2v) is 7.21. The lowest BCUT2D eigenvalue weighted by atomic mass is 10.2. The van der Waals surface area contributed by atoms with Crippen molar-refractivity contribution in [3.8, 4) is 0 Å². The Morgan fingerprint density at radius 1 is 1.19 bits per heavy atom. The minimum atomic E-state index is -0.328. The number of ether oxygens (including phenoxy) is 1. The number of morpholine rings is 1. The molecule has 1 aromatic rings. The van der Waals surface area contributed by atoms with E-state index in [4.69, 9.17) is 4.74 Å². The number of anilines is 1. The third-order valence-corrected chi connectivity index (χ3v) is 5.52. The fourth-order valence-corrected chi connectivity index (χ4v) is 3.70. The molecule has 0 spiro atoms. The fraction of sp³-hybridized carbons (Fsp3) is 0.650. The molecule has 2 heterocycles. The first-order valence-electron chi connectivity index (χ1n) is 9.83. The maximum Gasteiger partial charge on any atom is 0.250 e. The van der Waals surface area contributed by atoms with Crippen molar-refractivity contribution in [2.45, 2.75) is 26.0 Å². The van der Waals surface area contributed by atoms with E-state index in [9.17, 15) is 4.79 Å². The fourth-order valence-electron chi connectivity index (χ4n) is 3.70. The van der Waals surface area contributed by atoms with Crippen molar-refractivity contribution in [1.29, 1.82) is 0 Å². The van der Waals surface area contributed by atoms with Gasteiger partial charge in [-0.3, -0.25) is 14.6 Å². The smallest absolute Gasteiger partial charge is 0.250 e. The van der Waals surface area contributed by atoms with Crippen molar-refractivity contribution in [2.24, 2.45) is 0 Å². The van der Waals surface area contributed by atoms with E-state index in [0.717, 1.165) is 39.3 Å². The number of benzene rings is 1. The van der Waals surface area contributed by atoms with Crippen LogP contribution in [0.2, 0.25) is 0 Å². The highest BCUT2D eigenvalue weighted by Gasteiger charge is 2.27. The van der Waals surface area contributed by atoms with E-state index in [1.165, 1.54) is 5.69 Å². The number of hydrogen-bond acceptors (Lipinski definition) is 5. The molecule has 2 aliphatic heterocycles. The number of piperazine rings is 1. The molecule has 1 N–H and O–H groups in total. The molecule has 2 atom stereocenters. The molecule has 2 fully saturated rings. The Morgan fingerprint density at radius 3 is 2.62 bits per heavy atom. The monoisotopic (exact) mass is 360 g/mol. The third-order valence-electron chi connectivity index (χ3n) is 5.52. The molecule has 3 rings (SSSR count). The molecule has 0 aromatic heterocycles. The Hall–Kier alpha value is -1.63. The zero-order valence-corrected chi connectivity index (χ0v) is 16.1. The Kier molecular flexibility index (Phi) is 6.88. The predicted molar refractivity (Wildman–Crippen MR) is 105 cm³/mol. The van der Waals surface area contributed by atoms with Gasteiger partial charge in [-0.25, -0.2) is 0 Å². The van der Waals surface area contributed by atoms with Gasteiger partial charge in [0.2, 0.25) is 0 Å². The maximum absolute atomic E-state index is 12.4. The molecule has 1 amide bonds. The first kappa shape index (κ1) is 19.1. The molecule has 144 valence electrons. The van der Waals surface area contributed by atoms with Crippen LogP contribution >= 0.6 is 0 Å². The number of nitrogens with one attached hydrogen (secondary N) is 1. The lowest BCUT2D eigenvalue weighted by Crippen LogP contribution is -2.54. The summed E-state index contributed by atoms with van der Waals surface area (Å²) in [7, 11) is 0. The maximum atomic E-state index is 12.4. The van der Waals surface area contributed by atoms with Gasteiger partial charge in [-0.2, -0.15) is 0 Å². The zero-order chi connectivity index (χ0) is 18.4. The van der Waals surface area contributed by atoms with Crippen molar-refractivity contribution in [2.75, 3.05) is 63.9 Å². The number of para-hydroxylation sites is 1. The number of carbonyl (C=O) groups is 1. The van der Waals surface area contributed by atoms with Gasteiger partial charge in [-0.15, -0.1) is 0 Å². The summed E-state index contributed by atoms with van der Waals surface area (Å²) in [5.74, 6) is 0.0259. The first-order chi connectivity index (χ1) is 12.7. The van der Waals surface area contributed by atoms with Crippen LogP contribution in [0, 0.1) is 0 Å². The molecule has 0 unspecified atom stereocenters. The standard InChI is InChI=1S/C20H32N4O2/c1-3-22-13-14-26-19(16-22)20(25)21-15-17(2)23-9-11-24(12-10-23)18-7-5-4-6-8-18/h4-8,17,19H,3,9-16H2,1-2H3,(H,21,25)/t17-,19-/m1/s1. The van der Waals surface area contributed by atoms with E-state index in [1.807, 2.05) is 0 Å². The van der Waals surface area contributed by atoms with Crippen LogP contribution < -0.4 is 10.2 Å². The quantitative estimate of drug-likeness (QED) is 0.821. The van der Waals surface area contributed by atoms with Crippen LogP contribution in [0.1, 0.15) is 13.8 Å². The summed E-state index contributed by atoms with van der Waals surface area (Å²) < 4.78 is 5.64. The van der Waals surface area contributed by atoms with Crippen LogP contribution in [-0.4, -0.2) is 86.8 Å².